The Morgan fingerprint density at radius 1 is 1.20 bits per heavy atom. The molecule has 102 valence electrons. The van der Waals surface area contributed by atoms with Crippen molar-refractivity contribution in [2.75, 3.05) is 6.54 Å². The number of fused-ring (bicyclic) bond motifs is 1. The fraction of sp³-hybridized carbons (Fsp3) is 0.222. The maximum absolute atomic E-state index is 14.0. The van der Waals surface area contributed by atoms with Gasteiger partial charge >= 0.3 is 0 Å². The van der Waals surface area contributed by atoms with Gasteiger partial charge in [0.15, 0.2) is 0 Å². The maximum atomic E-state index is 14.0. The van der Waals surface area contributed by atoms with Gasteiger partial charge in [-0.05, 0) is 41.7 Å². The molecule has 1 aliphatic carbocycles. The average molecular weight is 267 g/mol. The summed E-state index contributed by atoms with van der Waals surface area (Å²) in [5.74, 6) is -0.246. The standard InChI is InChI=1S/C18H18FN/c1-12-6-8-14-13(10-12)7-9-15(14)17(11-20)16-4-2-3-5-18(16)19/h2-6,8-10,17H,7,11,20H2,1H3. The molecule has 1 aliphatic rings. The van der Waals surface area contributed by atoms with Gasteiger partial charge in [-0.25, -0.2) is 4.39 Å². The van der Waals surface area contributed by atoms with Crippen molar-refractivity contribution in [1.29, 1.82) is 0 Å². The van der Waals surface area contributed by atoms with Crippen molar-refractivity contribution in [3.63, 3.8) is 0 Å². The van der Waals surface area contributed by atoms with Gasteiger partial charge in [0.1, 0.15) is 5.82 Å². The molecule has 0 saturated heterocycles. The fourth-order valence-electron chi connectivity index (χ4n) is 3.01. The van der Waals surface area contributed by atoms with Gasteiger partial charge in [0.2, 0.25) is 0 Å². The van der Waals surface area contributed by atoms with E-state index in [1.807, 2.05) is 12.1 Å². The lowest BCUT2D eigenvalue weighted by atomic mass is 9.87. The molecule has 1 nitrogen and oxygen atoms in total. The van der Waals surface area contributed by atoms with Crippen LogP contribution < -0.4 is 5.73 Å². The van der Waals surface area contributed by atoms with Crippen LogP contribution in [0.3, 0.4) is 0 Å². The predicted octanol–water partition coefficient (Wildman–Crippen LogP) is 3.82. The molecule has 0 amide bonds. The number of allylic oxidation sites excluding steroid dienone is 1. The Bertz CT molecular complexity index is 673. The molecule has 2 aromatic rings. The van der Waals surface area contributed by atoms with Crippen LogP contribution >= 0.6 is 0 Å². The molecule has 0 fully saturated rings. The number of hydrogen-bond donors (Lipinski definition) is 1. The highest BCUT2D eigenvalue weighted by atomic mass is 19.1. The van der Waals surface area contributed by atoms with E-state index < -0.39 is 0 Å². The Labute approximate surface area is 118 Å². The first-order valence-corrected chi connectivity index (χ1v) is 6.95. The highest BCUT2D eigenvalue weighted by molar-refractivity contribution is 5.78. The molecule has 0 heterocycles. The number of aryl methyl sites for hydroxylation is 1. The van der Waals surface area contributed by atoms with Crippen molar-refractivity contribution in [2.45, 2.75) is 19.3 Å². The molecule has 0 aromatic heterocycles. The fourth-order valence-corrected chi connectivity index (χ4v) is 3.01. The first kappa shape index (κ1) is 13.1. The summed E-state index contributed by atoms with van der Waals surface area (Å²) >= 11 is 0. The summed E-state index contributed by atoms with van der Waals surface area (Å²) in [4.78, 5) is 0. The van der Waals surface area contributed by atoms with E-state index in [1.165, 1.54) is 22.8 Å². The zero-order chi connectivity index (χ0) is 14.1. The molecule has 20 heavy (non-hydrogen) atoms. The van der Waals surface area contributed by atoms with E-state index in [0.717, 1.165) is 12.0 Å². The normalized spacial score (nSPS) is 14.8. The summed E-state index contributed by atoms with van der Waals surface area (Å²) in [5, 5.41) is 0. The minimum Gasteiger partial charge on any atom is -0.330 e. The molecule has 0 aliphatic heterocycles. The van der Waals surface area contributed by atoms with Gasteiger partial charge in [0, 0.05) is 12.5 Å². The van der Waals surface area contributed by atoms with E-state index in [2.05, 4.69) is 31.2 Å². The predicted molar refractivity (Wildman–Crippen MR) is 81.1 cm³/mol. The van der Waals surface area contributed by atoms with Gasteiger partial charge in [-0.3, -0.25) is 0 Å². The summed E-state index contributed by atoms with van der Waals surface area (Å²) in [6, 6.07) is 13.4. The van der Waals surface area contributed by atoms with Gasteiger partial charge in [-0.2, -0.15) is 0 Å². The largest absolute Gasteiger partial charge is 0.330 e. The maximum Gasteiger partial charge on any atom is 0.127 e. The van der Waals surface area contributed by atoms with Crippen LogP contribution in [0.1, 0.15) is 28.2 Å². The second kappa shape index (κ2) is 5.22. The Balaban J connectivity index is 2.03. The lowest BCUT2D eigenvalue weighted by Gasteiger charge is -2.19. The first-order chi connectivity index (χ1) is 9.70. The highest BCUT2D eigenvalue weighted by Gasteiger charge is 2.24. The van der Waals surface area contributed by atoms with Crippen molar-refractivity contribution in [1.82, 2.24) is 0 Å². The second-order valence-electron chi connectivity index (χ2n) is 5.33. The van der Waals surface area contributed by atoms with Crippen LogP contribution in [0.25, 0.3) is 5.57 Å². The summed E-state index contributed by atoms with van der Waals surface area (Å²) in [6.45, 7) is 2.51. The zero-order valence-electron chi connectivity index (χ0n) is 11.6. The molecule has 2 N–H and O–H groups in total. The van der Waals surface area contributed by atoms with Gasteiger partial charge in [0.25, 0.3) is 0 Å². The van der Waals surface area contributed by atoms with Gasteiger partial charge < -0.3 is 5.73 Å². The topological polar surface area (TPSA) is 26.0 Å². The third-order valence-corrected chi connectivity index (χ3v) is 4.01. The molecule has 3 rings (SSSR count). The number of nitrogens with two attached hydrogens (primary N) is 1. The zero-order valence-corrected chi connectivity index (χ0v) is 11.6. The smallest absolute Gasteiger partial charge is 0.127 e. The highest BCUT2D eigenvalue weighted by Crippen LogP contribution is 2.38. The number of benzene rings is 2. The molecule has 2 aromatic carbocycles. The molecule has 0 bridgehead atoms. The van der Waals surface area contributed by atoms with Crippen molar-refractivity contribution < 1.29 is 4.39 Å². The SMILES string of the molecule is Cc1ccc2c(c1)CC=C2C(CN)c1ccccc1F. The molecule has 0 spiro atoms. The summed E-state index contributed by atoms with van der Waals surface area (Å²) < 4.78 is 14.0. The van der Waals surface area contributed by atoms with E-state index in [1.54, 1.807) is 6.07 Å². The van der Waals surface area contributed by atoms with E-state index in [-0.39, 0.29) is 11.7 Å². The van der Waals surface area contributed by atoms with Crippen LogP contribution in [0.15, 0.2) is 48.5 Å². The number of rotatable bonds is 3. The molecule has 2 heteroatoms. The van der Waals surface area contributed by atoms with Crippen LogP contribution in [0, 0.1) is 12.7 Å². The van der Waals surface area contributed by atoms with Crippen LogP contribution in [0.5, 0.6) is 0 Å². The number of halogens is 1. The lowest BCUT2D eigenvalue weighted by molar-refractivity contribution is 0.602. The summed E-state index contributed by atoms with van der Waals surface area (Å²) in [7, 11) is 0. The van der Waals surface area contributed by atoms with E-state index >= 15 is 0 Å². The summed E-state index contributed by atoms with van der Waals surface area (Å²) in [6.07, 6.45) is 3.10. The Kier molecular flexibility index (Phi) is 3.41. The third kappa shape index (κ3) is 2.16. The molecule has 0 radical (unpaired) electrons. The van der Waals surface area contributed by atoms with E-state index in [4.69, 9.17) is 5.73 Å². The van der Waals surface area contributed by atoms with E-state index in [0.29, 0.717) is 12.1 Å². The molecular weight excluding hydrogens is 249 g/mol. The molecule has 0 saturated carbocycles. The van der Waals surface area contributed by atoms with Crippen LogP contribution in [0.4, 0.5) is 4.39 Å². The van der Waals surface area contributed by atoms with Gasteiger partial charge in [0.05, 0.1) is 0 Å². The van der Waals surface area contributed by atoms with Crippen molar-refractivity contribution in [3.8, 4) is 0 Å². The van der Waals surface area contributed by atoms with E-state index in [9.17, 15) is 4.39 Å². The van der Waals surface area contributed by atoms with Crippen LogP contribution in [0.2, 0.25) is 0 Å². The summed E-state index contributed by atoms with van der Waals surface area (Å²) in [5.41, 5.74) is 11.6. The molecular formula is C18H18FN. The quantitative estimate of drug-likeness (QED) is 0.899. The van der Waals surface area contributed by atoms with Crippen LogP contribution in [-0.4, -0.2) is 6.54 Å². The van der Waals surface area contributed by atoms with Crippen LogP contribution in [-0.2, 0) is 6.42 Å². The monoisotopic (exact) mass is 267 g/mol. The van der Waals surface area contributed by atoms with Crippen molar-refractivity contribution >= 4 is 5.57 Å². The van der Waals surface area contributed by atoms with Crippen molar-refractivity contribution in [3.05, 3.63) is 76.6 Å². The average Bonchev–Trinajstić information content (AvgIpc) is 2.85. The minimum absolute atomic E-state index is 0.0693. The molecule has 1 unspecified atom stereocenters. The van der Waals surface area contributed by atoms with Gasteiger partial charge in [-0.1, -0.05) is 48.0 Å². The second-order valence-corrected chi connectivity index (χ2v) is 5.33. The molecule has 1 atom stereocenters. The third-order valence-electron chi connectivity index (χ3n) is 4.01. The Morgan fingerprint density at radius 2 is 2.00 bits per heavy atom. The Morgan fingerprint density at radius 3 is 2.75 bits per heavy atom. The Hall–Kier alpha value is -1.93. The van der Waals surface area contributed by atoms with Gasteiger partial charge in [-0.15, -0.1) is 0 Å². The lowest BCUT2D eigenvalue weighted by Crippen LogP contribution is -2.15. The minimum atomic E-state index is -0.176. The number of hydrogen-bond acceptors (Lipinski definition) is 1. The van der Waals surface area contributed by atoms with Crippen molar-refractivity contribution in [2.24, 2.45) is 5.73 Å². The first-order valence-electron chi connectivity index (χ1n) is 6.95.